The van der Waals surface area contributed by atoms with Crippen molar-refractivity contribution >= 4 is 5.91 Å². The van der Waals surface area contributed by atoms with Crippen LogP contribution in [0.1, 0.15) is 61.1 Å². The Labute approximate surface area is 208 Å². The van der Waals surface area contributed by atoms with Crippen molar-refractivity contribution in [3.05, 3.63) is 65.5 Å². The molecule has 3 aliphatic rings. The Hall–Kier alpha value is -2.72. The Kier molecular flexibility index (Phi) is 7.19. The highest BCUT2D eigenvalue weighted by atomic mass is 16.3. The van der Waals surface area contributed by atoms with Crippen LogP contribution < -0.4 is 0 Å². The van der Waals surface area contributed by atoms with Crippen molar-refractivity contribution in [2.24, 2.45) is 0 Å². The molecule has 6 nitrogen and oxygen atoms in total. The molecule has 6 heteroatoms. The van der Waals surface area contributed by atoms with Crippen molar-refractivity contribution < 1.29 is 15.0 Å². The number of aliphatic hydroxyl groups excluding tert-OH is 1. The Bertz CT molecular complexity index is 1070. The summed E-state index contributed by atoms with van der Waals surface area (Å²) in [5, 5.41) is 20.7. The van der Waals surface area contributed by atoms with Gasteiger partial charge in [-0.1, -0.05) is 30.0 Å². The predicted molar refractivity (Wildman–Crippen MR) is 135 cm³/mol. The zero-order chi connectivity index (χ0) is 24.3. The molecular formula is C29H35N3O3. The van der Waals surface area contributed by atoms with E-state index in [0.717, 1.165) is 62.7 Å². The van der Waals surface area contributed by atoms with Gasteiger partial charge in [0.15, 0.2) is 0 Å². The van der Waals surface area contributed by atoms with Crippen LogP contribution in [0.3, 0.4) is 0 Å². The molecule has 1 aromatic carbocycles. The van der Waals surface area contributed by atoms with Crippen molar-refractivity contribution in [3.8, 4) is 11.8 Å². The molecule has 5 rings (SSSR count). The second-order valence-electron chi connectivity index (χ2n) is 10.3. The first kappa shape index (κ1) is 24.0. The number of rotatable bonds is 4. The summed E-state index contributed by atoms with van der Waals surface area (Å²) < 4.78 is 0. The van der Waals surface area contributed by atoms with E-state index in [1.807, 2.05) is 29.2 Å². The van der Waals surface area contributed by atoms with Crippen LogP contribution in [0, 0.1) is 11.8 Å². The molecule has 184 valence electrons. The lowest BCUT2D eigenvalue weighted by Gasteiger charge is -2.57. The third kappa shape index (κ3) is 5.28. The maximum atomic E-state index is 13.1. The van der Waals surface area contributed by atoms with Gasteiger partial charge in [-0.15, -0.1) is 0 Å². The minimum atomic E-state index is -0.834. The highest BCUT2D eigenvalue weighted by Gasteiger charge is 2.49. The van der Waals surface area contributed by atoms with E-state index in [4.69, 9.17) is 0 Å². The molecule has 1 amide bonds. The maximum absolute atomic E-state index is 13.1. The smallest absolute Gasteiger partial charge is 0.227 e. The topological polar surface area (TPSA) is 76.9 Å². The second kappa shape index (κ2) is 10.5. The fourth-order valence-electron chi connectivity index (χ4n) is 6.02. The standard InChI is InChI=1S/C29H35N3O3/c33-21-26-28(24-9-7-22(8-10-24)11-14-29(35)12-1-2-13-29)25-20-31(16-3-4-17-32(25)26)27(34)18-23-6-5-15-30-19-23/h5-10,15,19,25-26,28,33,35H,1-4,12-13,16-18,20-21H2/t25-,26-,28+/m1/s1. The second-order valence-corrected chi connectivity index (χ2v) is 10.3. The molecule has 2 saturated heterocycles. The molecule has 3 atom stereocenters. The van der Waals surface area contributed by atoms with Crippen LogP contribution in [0.5, 0.6) is 0 Å². The minimum absolute atomic E-state index is 0.0736. The molecule has 1 aromatic heterocycles. The third-order valence-electron chi connectivity index (χ3n) is 7.97. The van der Waals surface area contributed by atoms with E-state index in [0.29, 0.717) is 13.0 Å². The Morgan fingerprint density at radius 2 is 1.86 bits per heavy atom. The molecule has 0 bridgehead atoms. The van der Waals surface area contributed by atoms with Gasteiger partial charge in [-0.2, -0.15) is 0 Å². The number of carbonyl (C=O) groups excluding carboxylic acids is 1. The number of carbonyl (C=O) groups is 1. The zero-order valence-electron chi connectivity index (χ0n) is 20.3. The lowest BCUT2D eigenvalue weighted by molar-refractivity contribution is -0.135. The van der Waals surface area contributed by atoms with E-state index in [-0.39, 0.29) is 30.5 Å². The molecule has 1 aliphatic carbocycles. The third-order valence-corrected chi connectivity index (χ3v) is 7.97. The molecule has 3 fully saturated rings. The van der Waals surface area contributed by atoms with Gasteiger partial charge in [-0.3, -0.25) is 14.7 Å². The van der Waals surface area contributed by atoms with Gasteiger partial charge in [0.2, 0.25) is 5.91 Å². The van der Waals surface area contributed by atoms with Crippen molar-refractivity contribution in [1.29, 1.82) is 0 Å². The highest BCUT2D eigenvalue weighted by Crippen LogP contribution is 2.42. The van der Waals surface area contributed by atoms with Crippen LogP contribution >= 0.6 is 0 Å². The summed E-state index contributed by atoms with van der Waals surface area (Å²) in [6.45, 7) is 2.52. The number of nitrogens with zero attached hydrogens (tertiary/aromatic N) is 3. The van der Waals surface area contributed by atoms with E-state index in [1.165, 1.54) is 5.56 Å². The van der Waals surface area contributed by atoms with Gasteiger partial charge < -0.3 is 15.1 Å². The van der Waals surface area contributed by atoms with Gasteiger partial charge in [0.1, 0.15) is 5.60 Å². The maximum Gasteiger partial charge on any atom is 0.227 e. The summed E-state index contributed by atoms with van der Waals surface area (Å²) in [5.41, 5.74) is 2.18. The number of fused-ring (bicyclic) bond motifs is 1. The van der Waals surface area contributed by atoms with Gasteiger partial charge in [-0.05, 0) is 74.4 Å². The summed E-state index contributed by atoms with van der Waals surface area (Å²) in [4.78, 5) is 21.7. The van der Waals surface area contributed by atoms with Crippen LogP contribution in [0.4, 0.5) is 0 Å². The molecule has 0 radical (unpaired) electrons. The first-order valence-corrected chi connectivity index (χ1v) is 13.0. The summed E-state index contributed by atoms with van der Waals surface area (Å²) in [7, 11) is 0. The number of hydrogen-bond acceptors (Lipinski definition) is 5. The van der Waals surface area contributed by atoms with Gasteiger partial charge in [0.25, 0.3) is 0 Å². The Balaban J connectivity index is 1.31. The van der Waals surface area contributed by atoms with Crippen LogP contribution in [-0.2, 0) is 11.2 Å². The fraction of sp³-hybridized carbons (Fsp3) is 0.517. The number of aliphatic hydroxyl groups is 2. The van der Waals surface area contributed by atoms with Gasteiger partial charge in [-0.25, -0.2) is 0 Å². The van der Waals surface area contributed by atoms with Crippen molar-refractivity contribution in [2.75, 3.05) is 26.2 Å². The first-order chi connectivity index (χ1) is 17.1. The molecule has 3 heterocycles. The summed E-state index contributed by atoms with van der Waals surface area (Å²) in [5.74, 6) is 6.55. The molecular weight excluding hydrogens is 438 g/mol. The number of pyridine rings is 1. The monoisotopic (exact) mass is 473 g/mol. The quantitative estimate of drug-likeness (QED) is 0.668. The van der Waals surface area contributed by atoms with E-state index in [1.54, 1.807) is 12.4 Å². The molecule has 35 heavy (non-hydrogen) atoms. The minimum Gasteiger partial charge on any atom is -0.395 e. The van der Waals surface area contributed by atoms with Crippen LogP contribution in [0.2, 0.25) is 0 Å². The number of aromatic nitrogens is 1. The molecule has 1 saturated carbocycles. The average molecular weight is 474 g/mol. The summed E-state index contributed by atoms with van der Waals surface area (Å²) in [6, 6.07) is 12.3. The largest absolute Gasteiger partial charge is 0.395 e. The lowest BCUT2D eigenvalue weighted by Crippen LogP contribution is -2.68. The number of benzene rings is 1. The molecule has 2 aliphatic heterocycles. The summed E-state index contributed by atoms with van der Waals surface area (Å²) >= 11 is 0. The SMILES string of the molecule is O=C(Cc1cccnc1)N1CCCCN2[C@H](CO)[C@@H](c3ccc(C#CC4(O)CCCC4)cc3)[C@H]2C1. The lowest BCUT2D eigenvalue weighted by atomic mass is 9.74. The average Bonchev–Trinajstić information content (AvgIpc) is 3.30. The van der Waals surface area contributed by atoms with E-state index in [9.17, 15) is 15.0 Å². The van der Waals surface area contributed by atoms with Crippen LogP contribution in [-0.4, -0.2) is 74.8 Å². The number of amides is 1. The zero-order valence-corrected chi connectivity index (χ0v) is 20.3. The normalized spacial score (nSPS) is 26.0. The molecule has 0 unspecified atom stereocenters. The van der Waals surface area contributed by atoms with Crippen molar-refractivity contribution in [2.45, 2.75) is 68.5 Å². The van der Waals surface area contributed by atoms with Crippen LogP contribution in [0.15, 0.2) is 48.8 Å². The molecule has 2 N–H and O–H groups in total. The molecule has 0 spiro atoms. The molecule has 2 aromatic rings. The van der Waals surface area contributed by atoms with E-state index in [2.05, 4.69) is 33.9 Å². The van der Waals surface area contributed by atoms with E-state index < -0.39 is 5.60 Å². The predicted octanol–water partition coefficient (Wildman–Crippen LogP) is 2.73. The highest BCUT2D eigenvalue weighted by molar-refractivity contribution is 5.78. The van der Waals surface area contributed by atoms with Gasteiger partial charge >= 0.3 is 0 Å². The van der Waals surface area contributed by atoms with Crippen molar-refractivity contribution in [3.63, 3.8) is 0 Å². The number of hydrogen-bond donors (Lipinski definition) is 2. The fourth-order valence-corrected chi connectivity index (χ4v) is 6.02. The Morgan fingerprint density at radius 3 is 2.57 bits per heavy atom. The van der Waals surface area contributed by atoms with Crippen molar-refractivity contribution in [1.82, 2.24) is 14.8 Å². The Morgan fingerprint density at radius 1 is 1.09 bits per heavy atom. The van der Waals surface area contributed by atoms with Gasteiger partial charge in [0.05, 0.1) is 13.0 Å². The van der Waals surface area contributed by atoms with Crippen LogP contribution in [0.25, 0.3) is 0 Å². The first-order valence-electron chi connectivity index (χ1n) is 13.0. The van der Waals surface area contributed by atoms with Gasteiger partial charge in [0, 0.05) is 49.0 Å². The summed E-state index contributed by atoms with van der Waals surface area (Å²) in [6.07, 6.45) is 9.44. The van der Waals surface area contributed by atoms with E-state index >= 15 is 0 Å².